The molecule has 0 aliphatic carbocycles. The number of phenols is 2. The topological polar surface area (TPSA) is 62.2 Å². The average molecular weight is 353 g/mol. The Morgan fingerprint density at radius 1 is 1.04 bits per heavy atom. The van der Waals surface area contributed by atoms with E-state index in [-0.39, 0.29) is 17.5 Å². The highest BCUT2D eigenvalue weighted by molar-refractivity contribution is 5.94. The van der Waals surface area contributed by atoms with Crippen LogP contribution in [0.25, 0.3) is 11.3 Å². The number of hydrogen-bond donors (Lipinski definition) is 2. The van der Waals surface area contributed by atoms with Gasteiger partial charge in [0.25, 0.3) is 0 Å². The quantitative estimate of drug-likeness (QED) is 0.801. The second-order valence-corrected chi connectivity index (χ2v) is 6.85. The van der Waals surface area contributed by atoms with Crippen LogP contribution in [0.1, 0.15) is 42.1 Å². The highest BCUT2D eigenvalue weighted by Crippen LogP contribution is 2.51. The zero-order chi connectivity index (χ0) is 18.6. The summed E-state index contributed by atoms with van der Waals surface area (Å²) in [4.78, 5) is 2.35. The maximum atomic E-state index is 10.0. The third-order valence-corrected chi connectivity index (χ3v) is 5.59. The third-order valence-electron chi connectivity index (χ3n) is 5.59. The summed E-state index contributed by atoms with van der Waals surface area (Å²) in [6, 6.07) is 7.47. The Morgan fingerprint density at radius 2 is 1.77 bits per heavy atom. The van der Waals surface area contributed by atoms with Gasteiger partial charge in [-0.05, 0) is 55.2 Å². The lowest BCUT2D eigenvalue weighted by Crippen LogP contribution is -2.35. The number of fused-ring (bicyclic) bond motifs is 4. The predicted octanol–water partition coefficient (Wildman–Crippen LogP) is 3.94. The van der Waals surface area contributed by atoms with Gasteiger partial charge in [-0.2, -0.15) is 0 Å². The van der Waals surface area contributed by atoms with Crippen LogP contribution in [0, 0.1) is 0 Å². The Hall–Kier alpha value is -2.82. The zero-order valence-corrected chi connectivity index (χ0v) is 15.5. The van der Waals surface area contributed by atoms with Crippen LogP contribution in [-0.4, -0.2) is 35.9 Å². The molecule has 2 aromatic carbocycles. The number of hydrogen-bond acceptors (Lipinski definition) is 5. The lowest BCUT2D eigenvalue weighted by atomic mass is 9.82. The van der Waals surface area contributed by atoms with Crippen molar-refractivity contribution in [1.82, 2.24) is 4.90 Å². The van der Waals surface area contributed by atoms with E-state index in [1.165, 1.54) is 0 Å². The summed E-state index contributed by atoms with van der Waals surface area (Å²) in [7, 11) is 3.32. The van der Waals surface area contributed by atoms with Crippen molar-refractivity contribution < 1.29 is 19.7 Å². The largest absolute Gasteiger partial charge is 0.504 e. The molecule has 0 aromatic heterocycles. The number of rotatable bonds is 2. The number of allylic oxidation sites excluding steroid dienone is 1. The second-order valence-electron chi connectivity index (χ2n) is 6.85. The third kappa shape index (κ3) is 2.16. The van der Waals surface area contributed by atoms with E-state index in [1.54, 1.807) is 26.4 Å². The monoisotopic (exact) mass is 353 g/mol. The molecule has 2 heterocycles. The van der Waals surface area contributed by atoms with E-state index in [0.717, 1.165) is 58.0 Å². The standard InChI is InChI=1S/C21H23NO4/c1-11-14-5-6-18(25-3)21(26-4)19(14)12(2)22-8-7-13-9-16(23)17(24)10-15(13)20(11)22/h5-6,9-10,12,23-24H,7-8H2,1-4H3. The molecule has 5 heteroatoms. The predicted molar refractivity (Wildman–Crippen MR) is 101 cm³/mol. The van der Waals surface area contributed by atoms with E-state index in [4.69, 9.17) is 9.47 Å². The van der Waals surface area contributed by atoms with Gasteiger partial charge in [0.2, 0.25) is 0 Å². The van der Waals surface area contributed by atoms with Crippen LogP contribution in [0.15, 0.2) is 24.3 Å². The fraction of sp³-hybridized carbons (Fsp3) is 0.333. The number of benzene rings is 2. The molecule has 4 rings (SSSR count). The molecular weight excluding hydrogens is 330 g/mol. The number of aromatic hydroxyl groups is 2. The summed E-state index contributed by atoms with van der Waals surface area (Å²) in [5.74, 6) is 1.35. The van der Waals surface area contributed by atoms with Crippen LogP contribution >= 0.6 is 0 Å². The first kappa shape index (κ1) is 16.6. The van der Waals surface area contributed by atoms with Crippen molar-refractivity contribution in [1.29, 1.82) is 0 Å². The maximum Gasteiger partial charge on any atom is 0.166 e. The Balaban J connectivity index is 2.00. The van der Waals surface area contributed by atoms with Gasteiger partial charge in [0, 0.05) is 23.4 Å². The first-order valence-corrected chi connectivity index (χ1v) is 8.75. The molecule has 1 unspecified atom stereocenters. The molecule has 0 radical (unpaired) electrons. The van der Waals surface area contributed by atoms with E-state index in [0.29, 0.717) is 0 Å². The van der Waals surface area contributed by atoms with Crippen molar-refractivity contribution in [2.24, 2.45) is 0 Å². The summed E-state index contributed by atoms with van der Waals surface area (Å²) in [6.07, 6.45) is 0.811. The Morgan fingerprint density at radius 3 is 2.46 bits per heavy atom. The normalized spacial score (nSPS) is 18.2. The van der Waals surface area contributed by atoms with E-state index >= 15 is 0 Å². The van der Waals surface area contributed by atoms with Crippen molar-refractivity contribution in [3.8, 4) is 23.0 Å². The highest BCUT2D eigenvalue weighted by atomic mass is 16.5. The molecule has 0 amide bonds. The van der Waals surface area contributed by atoms with Gasteiger partial charge in [0.1, 0.15) is 0 Å². The minimum absolute atomic E-state index is 0.0638. The van der Waals surface area contributed by atoms with Crippen molar-refractivity contribution >= 4 is 11.3 Å². The molecule has 0 spiro atoms. The molecule has 1 atom stereocenters. The first-order valence-electron chi connectivity index (χ1n) is 8.75. The number of nitrogens with zero attached hydrogens (tertiary/aromatic N) is 1. The van der Waals surface area contributed by atoms with Gasteiger partial charge in [-0.3, -0.25) is 0 Å². The molecule has 0 saturated carbocycles. The van der Waals surface area contributed by atoms with Crippen LogP contribution in [0.2, 0.25) is 0 Å². The van der Waals surface area contributed by atoms with E-state index in [9.17, 15) is 10.2 Å². The molecule has 136 valence electrons. The molecule has 5 nitrogen and oxygen atoms in total. The first-order chi connectivity index (χ1) is 12.5. The van der Waals surface area contributed by atoms with Gasteiger partial charge in [-0.15, -0.1) is 0 Å². The van der Waals surface area contributed by atoms with E-state index < -0.39 is 0 Å². The number of ether oxygens (including phenoxy) is 2. The van der Waals surface area contributed by atoms with Gasteiger partial charge < -0.3 is 24.6 Å². The minimum atomic E-state index is -0.0864. The van der Waals surface area contributed by atoms with Crippen molar-refractivity contribution in [2.45, 2.75) is 26.3 Å². The van der Waals surface area contributed by atoms with Crippen LogP contribution in [-0.2, 0) is 6.42 Å². The van der Waals surface area contributed by atoms with Crippen molar-refractivity contribution in [2.75, 3.05) is 20.8 Å². The summed E-state index contributed by atoms with van der Waals surface area (Å²) >= 11 is 0. The van der Waals surface area contributed by atoms with Crippen molar-refractivity contribution in [3.05, 3.63) is 46.5 Å². The summed E-state index contributed by atoms with van der Waals surface area (Å²) < 4.78 is 11.2. The van der Waals surface area contributed by atoms with Crippen LogP contribution in [0.3, 0.4) is 0 Å². The van der Waals surface area contributed by atoms with Crippen LogP contribution in [0.5, 0.6) is 23.0 Å². The highest BCUT2D eigenvalue weighted by Gasteiger charge is 2.36. The van der Waals surface area contributed by atoms with Crippen LogP contribution in [0.4, 0.5) is 0 Å². The minimum Gasteiger partial charge on any atom is -0.504 e. The Bertz CT molecular complexity index is 932. The smallest absolute Gasteiger partial charge is 0.166 e. The van der Waals surface area contributed by atoms with Gasteiger partial charge >= 0.3 is 0 Å². The molecule has 0 fully saturated rings. The van der Waals surface area contributed by atoms with Crippen molar-refractivity contribution in [3.63, 3.8) is 0 Å². The molecule has 26 heavy (non-hydrogen) atoms. The molecule has 2 aromatic rings. The second kappa shape index (κ2) is 5.87. The molecular formula is C21H23NO4. The molecule has 0 bridgehead atoms. The molecule has 2 aliphatic rings. The molecule has 2 aliphatic heterocycles. The lowest BCUT2D eigenvalue weighted by molar-refractivity contribution is 0.290. The number of methoxy groups -OCH3 is 2. The van der Waals surface area contributed by atoms with Crippen LogP contribution < -0.4 is 9.47 Å². The number of phenolic OH excluding ortho intramolecular Hbond substituents is 2. The lowest BCUT2D eigenvalue weighted by Gasteiger charge is -2.43. The fourth-order valence-corrected chi connectivity index (χ4v) is 4.34. The van der Waals surface area contributed by atoms with Gasteiger partial charge in [0.05, 0.1) is 20.3 Å². The Kier molecular flexibility index (Phi) is 3.75. The average Bonchev–Trinajstić information content (AvgIpc) is 2.65. The maximum absolute atomic E-state index is 10.0. The van der Waals surface area contributed by atoms with E-state index in [2.05, 4.69) is 24.8 Å². The fourth-order valence-electron chi connectivity index (χ4n) is 4.34. The SMILES string of the molecule is COc1ccc2c(c1OC)C(C)N1CCc3cc(O)c(O)cc3C1=C2C. The molecule has 2 N–H and O–H groups in total. The van der Waals surface area contributed by atoms with Gasteiger partial charge in [0.15, 0.2) is 23.0 Å². The van der Waals surface area contributed by atoms with E-state index in [1.807, 2.05) is 6.07 Å². The van der Waals surface area contributed by atoms with Gasteiger partial charge in [-0.25, -0.2) is 0 Å². The summed E-state index contributed by atoms with van der Waals surface area (Å²) in [5.41, 5.74) is 6.53. The summed E-state index contributed by atoms with van der Waals surface area (Å²) in [5, 5.41) is 19.9. The Labute approximate surface area is 153 Å². The van der Waals surface area contributed by atoms with Gasteiger partial charge in [-0.1, -0.05) is 6.07 Å². The summed E-state index contributed by atoms with van der Waals surface area (Å²) in [6.45, 7) is 5.10. The zero-order valence-electron chi connectivity index (χ0n) is 15.5. The molecule has 0 saturated heterocycles.